The Kier molecular flexibility index (Phi) is 6.01. The second-order valence-electron chi connectivity index (χ2n) is 5.25. The number of urea groups is 1. The lowest BCUT2D eigenvalue weighted by Crippen LogP contribution is -2.41. The number of anilines is 1. The van der Waals surface area contributed by atoms with Crippen LogP contribution >= 0.6 is 0 Å². The molecule has 0 bridgehead atoms. The number of carbonyl (C=O) groups is 1. The Labute approximate surface area is 119 Å². The van der Waals surface area contributed by atoms with Gasteiger partial charge in [-0.05, 0) is 37.0 Å². The van der Waals surface area contributed by atoms with Gasteiger partial charge in [0.2, 0.25) is 0 Å². The van der Waals surface area contributed by atoms with E-state index in [9.17, 15) is 9.90 Å². The molecule has 0 heterocycles. The lowest BCUT2D eigenvalue weighted by Gasteiger charge is -2.19. The van der Waals surface area contributed by atoms with Crippen molar-refractivity contribution in [2.45, 2.75) is 33.2 Å². The third kappa shape index (κ3) is 4.90. The Morgan fingerprint density at radius 2 is 2.15 bits per heavy atom. The van der Waals surface area contributed by atoms with Crippen LogP contribution in [0.25, 0.3) is 0 Å². The van der Waals surface area contributed by atoms with Crippen molar-refractivity contribution in [2.24, 2.45) is 5.92 Å². The van der Waals surface area contributed by atoms with Gasteiger partial charge >= 0.3 is 6.03 Å². The molecule has 0 spiro atoms. The van der Waals surface area contributed by atoms with E-state index in [-0.39, 0.29) is 18.7 Å². The number of aliphatic hydroxyl groups excluding tert-OH is 1. The number of carbonyl (C=O) groups excluding carboxylic acids is 1. The maximum Gasteiger partial charge on any atom is 0.319 e. The Hall–Kier alpha value is -2.06. The van der Waals surface area contributed by atoms with Crippen molar-refractivity contribution in [1.82, 2.24) is 5.32 Å². The summed E-state index contributed by atoms with van der Waals surface area (Å²) in [6.45, 7) is 5.82. The number of aryl methyl sites for hydroxylation is 1. The van der Waals surface area contributed by atoms with Gasteiger partial charge < -0.3 is 15.7 Å². The van der Waals surface area contributed by atoms with Gasteiger partial charge in [-0.25, -0.2) is 4.79 Å². The van der Waals surface area contributed by atoms with Gasteiger partial charge in [0.25, 0.3) is 0 Å². The first-order valence-electron chi connectivity index (χ1n) is 6.65. The fourth-order valence-electron chi connectivity index (χ4n) is 1.92. The molecule has 1 aromatic carbocycles. The van der Waals surface area contributed by atoms with Crippen molar-refractivity contribution in [3.05, 3.63) is 29.3 Å². The molecule has 0 aromatic heterocycles. The van der Waals surface area contributed by atoms with E-state index < -0.39 is 0 Å². The highest BCUT2D eigenvalue weighted by molar-refractivity contribution is 5.90. The van der Waals surface area contributed by atoms with E-state index in [1.165, 1.54) is 0 Å². The molecule has 0 saturated carbocycles. The van der Waals surface area contributed by atoms with E-state index in [0.29, 0.717) is 23.6 Å². The van der Waals surface area contributed by atoms with Crippen molar-refractivity contribution >= 4 is 11.7 Å². The molecule has 1 aromatic rings. The highest BCUT2D eigenvalue weighted by Crippen LogP contribution is 2.16. The number of aliphatic hydroxyl groups is 1. The summed E-state index contributed by atoms with van der Waals surface area (Å²) in [5.41, 5.74) is 1.97. The normalized spacial score (nSPS) is 11.8. The number of nitrogens with one attached hydrogen (secondary N) is 2. The molecule has 1 atom stereocenters. The van der Waals surface area contributed by atoms with E-state index >= 15 is 0 Å². The third-order valence-corrected chi connectivity index (χ3v) is 2.93. The molecular weight excluding hydrogens is 254 g/mol. The molecule has 0 saturated heterocycles. The number of nitrogens with zero attached hydrogens (tertiary/aromatic N) is 1. The maximum absolute atomic E-state index is 11.9. The summed E-state index contributed by atoms with van der Waals surface area (Å²) in [6, 6.07) is 6.51. The van der Waals surface area contributed by atoms with E-state index in [2.05, 4.69) is 10.6 Å². The number of benzene rings is 1. The zero-order chi connectivity index (χ0) is 15.1. The first-order chi connectivity index (χ1) is 9.46. The largest absolute Gasteiger partial charge is 0.394 e. The van der Waals surface area contributed by atoms with Crippen molar-refractivity contribution in [3.63, 3.8) is 0 Å². The highest BCUT2D eigenvalue weighted by Gasteiger charge is 2.13. The van der Waals surface area contributed by atoms with Crippen LogP contribution in [0.15, 0.2) is 18.2 Å². The van der Waals surface area contributed by atoms with Gasteiger partial charge in [-0.2, -0.15) is 5.26 Å². The second-order valence-corrected chi connectivity index (χ2v) is 5.25. The monoisotopic (exact) mass is 275 g/mol. The van der Waals surface area contributed by atoms with Gasteiger partial charge in [0.05, 0.1) is 24.3 Å². The van der Waals surface area contributed by atoms with Gasteiger partial charge in [0.15, 0.2) is 0 Å². The standard InChI is InChI=1S/C15H21N3O2/c1-10(2)6-13(9-19)17-15(20)18-14-7-12(8-16)5-4-11(14)3/h4-5,7,10,13,19H,6,9H2,1-3H3,(H2,17,18,20). The molecule has 2 amide bonds. The molecule has 20 heavy (non-hydrogen) atoms. The molecule has 3 N–H and O–H groups in total. The lowest BCUT2D eigenvalue weighted by atomic mass is 10.0. The first-order valence-corrected chi connectivity index (χ1v) is 6.65. The van der Waals surface area contributed by atoms with Crippen LogP contribution in [0.4, 0.5) is 10.5 Å². The molecule has 5 heteroatoms. The number of rotatable bonds is 5. The molecule has 5 nitrogen and oxygen atoms in total. The SMILES string of the molecule is Cc1ccc(C#N)cc1NC(=O)NC(CO)CC(C)C. The van der Waals surface area contributed by atoms with E-state index in [0.717, 1.165) is 5.56 Å². The summed E-state index contributed by atoms with van der Waals surface area (Å²) in [6.07, 6.45) is 0.709. The Morgan fingerprint density at radius 1 is 1.45 bits per heavy atom. The summed E-state index contributed by atoms with van der Waals surface area (Å²) >= 11 is 0. The average Bonchev–Trinajstić information content (AvgIpc) is 2.40. The number of hydrogen-bond donors (Lipinski definition) is 3. The lowest BCUT2D eigenvalue weighted by molar-refractivity contribution is 0.214. The molecule has 0 radical (unpaired) electrons. The molecule has 0 fully saturated rings. The van der Waals surface area contributed by atoms with E-state index in [1.807, 2.05) is 26.8 Å². The summed E-state index contributed by atoms with van der Waals surface area (Å²) in [5.74, 6) is 0.385. The van der Waals surface area contributed by atoms with Crippen LogP contribution in [-0.2, 0) is 0 Å². The fraction of sp³-hybridized carbons (Fsp3) is 0.467. The minimum absolute atomic E-state index is 0.0944. The summed E-state index contributed by atoms with van der Waals surface area (Å²) in [4.78, 5) is 11.9. The maximum atomic E-state index is 11.9. The van der Waals surface area contributed by atoms with Crippen molar-refractivity contribution in [2.75, 3.05) is 11.9 Å². The zero-order valence-electron chi connectivity index (χ0n) is 12.1. The molecule has 1 rings (SSSR count). The minimum atomic E-state index is -0.372. The van der Waals surface area contributed by atoms with Gasteiger partial charge in [-0.3, -0.25) is 0 Å². The van der Waals surface area contributed by atoms with Gasteiger partial charge in [-0.1, -0.05) is 19.9 Å². The fourth-order valence-corrected chi connectivity index (χ4v) is 1.92. The Balaban J connectivity index is 2.68. The third-order valence-electron chi connectivity index (χ3n) is 2.93. The summed E-state index contributed by atoms with van der Waals surface area (Å²) in [7, 11) is 0. The second kappa shape index (κ2) is 7.51. The Bertz CT molecular complexity index is 506. The quantitative estimate of drug-likeness (QED) is 0.771. The van der Waals surface area contributed by atoms with Crippen LogP contribution in [0.5, 0.6) is 0 Å². The van der Waals surface area contributed by atoms with Crippen molar-refractivity contribution < 1.29 is 9.90 Å². The average molecular weight is 275 g/mol. The topological polar surface area (TPSA) is 85.2 Å². The minimum Gasteiger partial charge on any atom is -0.394 e. The van der Waals surface area contributed by atoms with Gasteiger partial charge in [-0.15, -0.1) is 0 Å². The number of hydrogen-bond acceptors (Lipinski definition) is 3. The van der Waals surface area contributed by atoms with Crippen LogP contribution < -0.4 is 10.6 Å². The number of nitriles is 1. The summed E-state index contributed by atoms with van der Waals surface area (Å²) < 4.78 is 0. The van der Waals surface area contributed by atoms with Crippen LogP contribution in [-0.4, -0.2) is 23.8 Å². The van der Waals surface area contributed by atoms with Crippen molar-refractivity contribution in [3.8, 4) is 6.07 Å². The highest BCUT2D eigenvalue weighted by atomic mass is 16.3. The molecule has 0 aliphatic carbocycles. The Morgan fingerprint density at radius 3 is 2.70 bits per heavy atom. The van der Waals surface area contributed by atoms with Crippen LogP contribution in [0.3, 0.4) is 0 Å². The smallest absolute Gasteiger partial charge is 0.319 e. The van der Waals surface area contributed by atoms with Crippen molar-refractivity contribution in [1.29, 1.82) is 5.26 Å². The zero-order valence-corrected chi connectivity index (χ0v) is 12.1. The predicted octanol–water partition coefficient (Wildman–Crippen LogP) is 2.40. The predicted molar refractivity (Wildman–Crippen MR) is 78.4 cm³/mol. The van der Waals surface area contributed by atoms with Gasteiger partial charge in [0, 0.05) is 5.69 Å². The van der Waals surface area contributed by atoms with Crippen LogP contribution in [0.1, 0.15) is 31.4 Å². The molecule has 1 unspecified atom stereocenters. The van der Waals surface area contributed by atoms with Gasteiger partial charge in [0.1, 0.15) is 0 Å². The molecule has 0 aliphatic heterocycles. The first kappa shape index (κ1) is 16.0. The molecular formula is C15H21N3O2. The van der Waals surface area contributed by atoms with E-state index in [4.69, 9.17) is 5.26 Å². The molecule has 108 valence electrons. The van der Waals surface area contributed by atoms with Crippen LogP contribution in [0, 0.1) is 24.2 Å². The van der Waals surface area contributed by atoms with Crippen LogP contribution in [0.2, 0.25) is 0 Å². The summed E-state index contributed by atoms with van der Waals surface area (Å²) in [5, 5.41) is 23.5. The van der Waals surface area contributed by atoms with E-state index in [1.54, 1.807) is 18.2 Å². The molecule has 0 aliphatic rings. The number of amides is 2.